The Bertz CT molecular complexity index is 300. The molecule has 0 aromatic carbocycles. The van der Waals surface area contributed by atoms with E-state index in [1.165, 1.54) is 5.56 Å². The van der Waals surface area contributed by atoms with Crippen LogP contribution in [-0.4, -0.2) is 36.1 Å². The van der Waals surface area contributed by atoms with Crippen LogP contribution >= 0.6 is 0 Å². The fourth-order valence-corrected chi connectivity index (χ4v) is 1.80. The fraction of sp³-hybridized carbons (Fsp3) is 0.643. The average molecular weight is 235 g/mol. The number of pyridine rings is 1. The molecule has 2 atom stereocenters. The van der Waals surface area contributed by atoms with Gasteiger partial charge in [0.1, 0.15) is 0 Å². The van der Waals surface area contributed by atoms with Crippen LogP contribution in [0.3, 0.4) is 0 Å². The molecule has 0 fully saturated rings. The Balaban J connectivity index is 2.28. The van der Waals surface area contributed by atoms with E-state index in [0.29, 0.717) is 5.92 Å². The lowest BCUT2D eigenvalue weighted by Crippen LogP contribution is -2.40. The van der Waals surface area contributed by atoms with E-state index in [2.05, 4.69) is 42.9 Å². The molecule has 1 heterocycles. The Morgan fingerprint density at radius 1 is 1.35 bits per heavy atom. The van der Waals surface area contributed by atoms with Crippen molar-refractivity contribution in [2.45, 2.75) is 32.7 Å². The van der Waals surface area contributed by atoms with Gasteiger partial charge in [0, 0.05) is 31.5 Å². The molecule has 2 N–H and O–H groups in total. The molecule has 0 aliphatic heterocycles. The Labute approximate surface area is 105 Å². The van der Waals surface area contributed by atoms with Gasteiger partial charge in [0.25, 0.3) is 0 Å². The zero-order valence-corrected chi connectivity index (χ0v) is 11.3. The summed E-state index contributed by atoms with van der Waals surface area (Å²) in [5.74, 6) is 0.596. The number of nitrogens with two attached hydrogens (primary N) is 1. The summed E-state index contributed by atoms with van der Waals surface area (Å²) in [6.45, 7) is 6.44. The summed E-state index contributed by atoms with van der Waals surface area (Å²) in [6.07, 6.45) is 5.91. The molecule has 0 aliphatic rings. The zero-order valence-electron chi connectivity index (χ0n) is 11.3. The smallest absolute Gasteiger partial charge is 0.0270 e. The zero-order chi connectivity index (χ0) is 12.7. The third kappa shape index (κ3) is 5.29. The Morgan fingerprint density at radius 2 is 2.00 bits per heavy atom. The van der Waals surface area contributed by atoms with Crippen molar-refractivity contribution >= 4 is 0 Å². The van der Waals surface area contributed by atoms with Gasteiger partial charge >= 0.3 is 0 Å². The molecule has 1 aromatic rings. The van der Waals surface area contributed by atoms with Gasteiger partial charge in [0.05, 0.1) is 0 Å². The quantitative estimate of drug-likeness (QED) is 0.785. The topological polar surface area (TPSA) is 42.1 Å². The first-order valence-corrected chi connectivity index (χ1v) is 6.46. The second-order valence-electron chi connectivity index (χ2n) is 4.92. The van der Waals surface area contributed by atoms with Gasteiger partial charge < -0.3 is 10.6 Å². The SMILES string of the molecule is CCC(C)C(N)CN(C)CCc1ccncc1. The minimum Gasteiger partial charge on any atom is -0.326 e. The number of rotatable bonds is 7. The molecule has 0 radical (unpaired) electrons. The monoisotopic (exact) mass is 235 g/mol. The molecule has 0 saturated carbocycles. The van der Waals surface area contributed by atoms with E-state index >= 15 is 0 Å². The highest BCUT2D eigenvalue weighted by atomic mass is 15.1. The predicted octanol–water partition coefficient (Wildman–Crippen LogP) is 1.93. The van der Waals surface area contributed by atoms with Crippen molar-refractivity contribution in [2.75, 3.05) is 20.1 Å². The summed E-state index contributed by atoms with van der Waals surface area (Å²) in [5, 5.41) is 0. The van der Waals surface area contributed by atoms with Crippen LogP contribution in [-0.2, 0) is 6.42 Å². The lowest BCUT2D eigenvalue weighted by molar-refractivity contribution is 0.276. The van der Waals surface area contributed by atoms with Crippen LogP contribution in [0.15, 0.2) is 24.5 Å². The number of likely N-dealkylation sites (N-methyl/N-ethyl adjacent to an activating group) is 1. The van der Waals surface area contributed by atoms with Gasteiger partial charge in [-0.2, -0.15) is 0 Å². The van der Waals surface area contributed by atoms with Crippen LogP contribution in [0, 0.1) is 5.92 Å². The van der Waals surface area contributed by atoms with E-state index in [1.807, 2.05) is 12.4 Å². The molecule has 0 amide bonds. The van der Waals surface area contributed by atoms with Gasteiger partial charge in [-0.25, -0.2) is 0 Å². The fourth-order valence-electron chi connectivity index (χ4n) is 1.80. The van der Waals surface area contributed by atoms with E-state index < -0.39 is 0 Å². The van der Waals surface area contributed by atoms with E-state index in [0.717, 1.165) is 25.9 Å². The Hall–Kier alpha value is -0.930. The van der Waals surface area contributed by atoms with Crippen LogP contribution in [0.4, 0.5) is 0 Å². The lowest BCUT2D eigenvalue weighted by atomic mass is 10.00. The third-order valence-electron chi connectivity index (χ3n) is 3.43. The molecule has 3 nitrogen and oxygen atoms in total. The molecule has 1 rings (SSSR count). The molecule has 0 aliphatic carbocycles. The lowest BCUT2D eigenvalue weighted by Gasteiger charge is -2.25. The van der Waals surface area contributed by atoms with Gasteiger partial charge in [-0.3, -0.25) is 4.98 Å². The maximum Gasteiger partial charge on any atom is 0.0270 e. The molecule has 0 spiro atoms. The van der Waals surface area contributed by atoms with Crippen LogP contribution in [0.2, 0.25) is 0 Å². The summed E-state index contributed by atoms with van der Waals surface area (Å²) in [7, 11) is 2.14. The first kappa shape index (κ1) is 14.1. The van der Waals surface area contributed by atoms with Crippen molar-refractivity contribution in [3.8, 4) is 0 Å². The summed E-state index contributed by atoms with van der Waals surface area (Å²) in [4.78, 5) is 6.34. The highest BCUT2D eigenvalue weighted by Gasteiger charge is 2.12. The van der Waals surface area contributed by atoms with Crippen LogP contribution < -0.4 is 5.73 Å². The normalized spacial score (nSPS) is 14.9. The van der Waals surface area contributed by atoms with Crippen molar-refractivity contribution in [1.29, 1.82) is 0 Å². The number of aromatic nitrogens is 1. The average Bonchev–Trinajstić information content (AvgIpc) is 2.36. The third-order valence-corrected chi connectivity index (χ3v) is 3.43. The first-order chi connectivity index (χ1) is 8.13. The van der Waals surface area contributed by atoms with E-state index in [4.69, 9.17) is 5.73 Å². The standard InChI is InChI=1S/C14H25N3/c1-4-12(2)14(15)11-17(3)10-7-13-5-8-16-9-6-13/h5-6,8-9,12,14H,4,7,10-11,15H2,1-3H3. The number of hydrogen-bond donors (Lipinski definition) is 1. The molecule has 17 heavy (non-hydrogen) atoms. The van der Waals surface area contributed by atoms with E-state index in [-0.39, 0.29) is 6.04 Å². The maximum atomic E-state index is 6.15. The minimum atomic E-state index is 0.280. The van der Waals surface area contributed by atoms with Gasteiger partial charge in [-0.15, -0.1) is 0 Å². The predicted molar refractivity (Wildman–Crippen MR) is 72.9 cm³/mol. The van der Waals surface area contributed by atoms with Crippen molar-refractivity contribution in [3.63, 3.8) is 0 Å². The molecule has 0 saturated heterocycles. The molecular formula is C14H25N3. The Kier molecular flexibility index (Phi) is 6.16. The van der Waals surface area contributed by atoms with E-state index in [1.54, 1.807) is 0 Å². The van der Waals surface area contributed by atoms with E-state index in [9.17, 15) is 0 Å². The maximum absolute atomic E-state index is 6.15. The molecule has 2 unspecified atom stereocenters. The summed E-state index contributed by atoms with van der Waals surface area (Å²) in [5.41, 5.74) is 7.48. The molecule has 0 bridgehead atoms. The second-order valence-corrected chi connectivity index (χ2v) is 4.92. The molecule has 3 heteroatoms. The van der Waals surface area contributed by atoms with Crippen LogP contribution in [0.5, 0.6) is 0 Å². The highest BCUT2D eigenvalue weighted by Crippen LogP contribution is 2.07. The van der Waals surface area contributed by atoms with Gasteiger partial charge in [0.15, 0.2) is 0 Å². The molecule has 1 aromatic heterocycles. The van der Waals surface area contributed by atoms with Crippen molar-refractivity contribution in [3.05, 3.63) is 30.1 Å². The van der Waals surface area contributed by atoms with Crippen molar-refractivity contribution < 1.29 is 0 Å². The molecular weight excluding hydrogens is 210 g/mol. The second kappa shape index (κ2) is 7.41. The van der Waals surface area contributed by atoms with Gasteiger partial charge in [0.2, 0.25) is 0 Å². The Morgan fingerprint density at radius 3 is 2.59 bits per heavy atom. The van der Waals surface area contributed by atoms with Crippen molar-refractivity contribution in [1.82, 2.24) is 9.88 Å². The summed E-state index contributed by atoms with van der Waals surface area (Å²) in [6, 6.07) is 4.42. The highest BCUT2D eigenvalue weighted by molar-refractivity contribution is 5.09. The molecule has 96 valence electrons. The summed E-state index contributed by atoms with van der Waals surface area (Å²) >= 11 is 0. The van der Waals surface area contributed by atoms with Gasteiger partial charge in [-0.05, 0) is 37.1 Å². The number of hydrogen-bond acceptors (Lipinski definition) is 3. The largest absolute Gasteiger partial charge is 0.326 e. The summed E-state index contributed by atoms with van der Waals surface area (Å²) < 4.78 is 0. The van der Waals surface area contributed by atoms with Crippen LogP contribution in [0.1, 0.15) is 25.8 Å². The minimum absolute atomic E-state index is 0.280. The van der Waals surface area contributed by atoms with Gasteiger partial charge in [-0.1, -0.05) is 20.3 Å². The number of nitrogens with zero attached hydrogens (tertiary/aromatic N) is 2. The van der Waals surface area contributed by atoms with Crippen molar-refractivity contribution in [2.24, 2.45) is 11.7 Å². The first-order valence-electron chi connectivity index (χ1n) is 6.46. The van der Waals surface area contributed by atoms with Crippen LogP contribution in [0.25, 0.3) is 0 Å².